The van der Waals surface area contributed by atoms with Crippen LogP contribution in [0.2, 0.25) is 0 Å². The van der Waals surface area contributed by atoms with Crippen LogP contribution in [0.4, 0.5) is 14.0 Å². The van der Waals surface area contributed by atoms with E-state index in [0.717, 1.165) is 5.56 Å². The van der Waals surface area contributed by atoms with Gasteiger partial charge in [-0.15, -0.1) is 0 Å². The second-order valence-corrected chi connectivity index (χ2v) is 7.43. The average molecular weight is 366 g/mol. The smallest absolute Gasteiger partial charge is 0.410 e. The zero-order valence-electron chi connectivity index (χ0n) is 15.5. The van der Waals surface area contributed by atoms with E-state index in [9.17, 15) is 14.0 Å². The molecule has 1 aromatic carbocycles. The molecule has 0 unspecified atom stereocenters. The van der Waals surface area contributed by atoms with E-state index < -0.39 is 24.0 Å². The number of nitrogens with one attached hydrogen (secondary N) is 1. The van der Waals surface area contributed by atoms with Crippen LogP contribution < -0.4 is 5.32 Å². The van der Waals surface area contributed by atoms with Crippen LogP contribution in [0.1, 0.15) is 32.8 Å². The normalized spacial score (nSPS) is 20.4. The van der Waals surface area contributed by atoms with Gasteiger partial charge in [-0.25, -0.2) is 14.0 Å². The van der Waals surface area contributed by atoms with Gasteiger partial charge in [-0.3, -0.25) is 0 Å². The number of hydrogen-bond acceptors (Lipinski definition) is 4. The number of rotatable bonds is 4. The summed E-state index contributed by atoms with van der Waals surface area (Å²) in [5.41, 5.74) is 0.278. The molecule has 0 spiro atoms. The number of benzene rings is 1. The van der Waals surface area contributed by atoms with Crippen molar-refractivity contribution in [2.45, 2.75) is 45.6 Å². The lowest BCUT2D eigenvalue weighted by Gasteiger charge is -2.35. The molecule has 0 aliphatic carbocycles. The summed E-state index contributed by atoms with van der Waals surface area (Å²) in [6.45, 7) is 6.04. The Labute approximate surface area is 153 Å². The molecule has 1 aliphatic rings. The molecule has 0 saturated carbocycles. The van der Waals surface area contributed by atoms with Gasteiger partial charge in [0.05, 0.1) is 6.54 Å². The van der Waals surface area contributed by atoms with Crippen molar-refractivity contribution in [2.75, 3.05) is 19.6 Å². The molecule has 1 N–H and O–H groups in total. The Bertz CT molecular complexity index is 603. The molecule has 1 aliphatic heterocycles. The fourth-order valence-electron chi connectivity index (χ4n) is 2.66. The van der Waals surface area contributed by atoms with E-state index in [-0.39, 0.29) is 25.6 Å². The minimum absolute atomic E-state index is 0.0275. The lowest BCUT2D eigenvalue weighted by atomic mass is 9.95. The number of alkyl halides is 1. The summed E-state index contributed by atoms with van der Waals surface area (Å²) in [5.74, 6) is -0.349. The molecular weight excluding hydrogens is 339 g/mol. The highest BCUT2D eigenvalue weighted by Gasteiger charge is 2.33. The van der Waals surface area contributed by atoms with Gasteiger partial charge in [-0.2, -0.15) is 0 Å². The maximum absolute atomic E-state index is 14.4. The number of likely N-dealkylation sites (tertiary alicyclic amines) is 1. The van der Waals surface area contributed by atoms with Crippen molar-refractivity contribution < 1.29 is 23.5 Å². The quantitative estimate of drug-likeness (QED) is 0.885. The van der Waals surface area contributed by atoms with Gasteiger partial charge in [0.25, 0.3) is 0 Å². The molecule has 2 atom stereocenters. The lowest BCUT2D eigenvalue weighted by molar-refractivity contribution is 0.00539. The summed E-state index contributed by atoms with van der Waals surface area (Å²) >= 11 is 0. The Morgan fingerprint density at radius 3 is 2.58 bits per heavy atom. The monoisotopic (exact) mass is 366 g/mol. The molecule has 144 valence electrons. The topological polar surface area (TPSA) is 67.9 Å². The number of hydrogen-bond donors (Lipinski definition) is 1. The average Bonchev–Trinajstić information content (AvgIpc) is 2.58. The van der Waals surface area contributed by atoms with Gasteiger partial charge in [0, 0.05) is 19.0 Å². The number of carbonyl (C=O) groups is 2. The number of ether oxygens (including phenoxy) is 2. The molecule has 1 aromatic rings. The van der Waals surface area contributed by atoms with Crippen molar-refractivity contribution in [3.8, 4) is 0 Å². The lowest BCUT2D eigenvalue weighted by Crippen LogP contribution is -2.49. The van der Waals surface area contributed by atoms with Crippen LogP contribution in [0.3, 0.4) is 0 Å². The molecule has 1 fully saturated rings. The van der Waals surface area contributed by atoms with Crippen molar-refractivity contribution in [1.82, 2.24) is 10.2 Å². The molecule has 6 nitrogen and oxygen atoms in total. The molecule has 0 aromatic heterocycles. The fourth-order valence-corrected chi connectivity index (χ4v) is 2.66. The molecule has 1 saturated heterocycles. The third kappa shape index (κ3) is 6.54. The summed E-state index contributed by atoms with van der Waals surface area (Å²) in [5, 5.41) is 2.60. The maximum Gasteiger partial charge on any atom is 0.410 e. The van der Waals surface area contributed by atoms with Crippen molar-refractivity contribution in [3.05, 3.63) is 35.9 Å². The van der Waals surface area contributed by atoms with Crippen molar-refractivity contribution in [3.63, 3.8) is 0 Å². The van der Waals surface area contributed by atoms with Crippen molar-refractivity contribution in [1.29, 1.82) is 0 Å². The minimum Gasteiger partial charge on any atom is -0.445 e. The number of amides is 2. The van der Waals surface area contributed by atoms with E-state index >= 15 is 0 Å². The minimum atomic E-state index is -1.22. The third-order valence-electron chi connectivity index (χ3n) is 4.05. The van der Waals surface area contributed by atoms with E-state index in [1.807, 2.05) is 30.3 Å². The van der Waals surface area contributed by atoms with E-state index in [1.54, 1.807) is 20.8 Å². The molecule has 7 heteroatoms. The van der Waals surface area contributed by atoms with Gasteiger partial charge in [0.2, 0.25) is 0 Å². The number of nitrogens with zero attached hydrogens (tertiary/aromatic N) is 1. The summed E-state index contributed by atoms with van der Waals surface area (Å²) in [7, 11) is 0. The zero-order chi connectivity index (χ0) is 19.2. The molecular formula is C19H27FN2O4. The highest BCUT2D eigenvalue weighted by Crippen LogP contribution is 2.22. The van der Waals surface area contributed by atoms with E-state index in [4.69, 9.17) is 9.47 Å². The molecule has 2 amide bonds. The van der Waals surface area contributed by atoms with E-state index in [2.05, 4.69) is 5.32 Å². The first-order valence-electron chi connectivity index (χ1n) is 8.81. The first-order chi connectivity index (χ1) is 12.2. The van der Waals surface area contributed by atoms with Crippen LogP contribution in [0.5, 0.6) is 0 Å². The molecule has 2 rings (SSSR count). The van der Waals surface area contributed by atoms with Crippen LogP contribution >= 0.6 is 0 Å². The fraction of sp³-hybridized carbons (Fsp3) is 0.579. The summed E-state index contributed by atoms with van der Waals surface area (Å²) in [4.78, 5) is 25.1. The van der Waals surface area contributed by atoms with Crippen LogP contribution in [-0.2, 0) is 16.1 Å². The predicted octanol–water partition coefficient (Wildman–Crippen LogP) is 3.51. The maximum atomic E-state index is 14.4. The van der Waals surface area contributed by atoms with Crippen LogP contribution in [0.25, 0.3) is 0 Å². The first-order valence-corrected chi connectivity index (χ1v) is 8.81. The number of halogens is 1. The van der Waals surface area contributed by atoms with Gasteiger partial charge < -0.3 is 19.7 Å². The summed E-state index contributed by atoms with van der Waals surface area (Å²) < 4.78 is 24.7. The van der Waals surface area contributed by atoms with Gasteiger partial charge >= 0.3 is 12.2 Å². The van der Waals surface area contributed by atoms with Gasteiger partial charge in [0.15, 0.2) is 0 Å². The second kappa shape index (κ2) is 8.87. The second-order valence-electron chi connectivity index (χ2n) is 7.43. The molecule has 1 heterocycles. The highest BCUT2D eigenvalue weighted by molar-refractivity contribution is 5.68. The number of carbonyl (C=O) groups excluding carboxylic acids is 2. The number of alkyl carbamates (subject to hydrolysis) is 1. The van der Waals surface area contributed by atoms with Gasteiger partial charge in [0.1, 0.15) is 18.4 Å². The highest BCUT2D eigenvalue weighted by atomic mass is 19.1. The molecule has 0 bridgehead atoms. The van der Waals surface area contributed by atoms with Crippen LogP contribution in [-0.4, -0.2) is 48.5 Å². The molecule has 0 radical (unpaired) electrons. The Hall–Kier alpha value is -2.31. The first kappa shape index (κ1) is 20.0. The zero-order valence-corrected chi connectivity index (χ0v) is 15.5. The standard InChI is InChI=1S/C19H27FN2O4/c1-19(2,3)26-18(24)22-10-9-15(16(20)12-22)11-21-17(23)25-13-14-7-5-4-6-8-14/h4-8,15-16H,9-13H2,1-3H3,(H,21,23)/t15-,16-/m1/s1. The summed E-state index contributed by atoms with van der Waals surface area (Å²) in [6.07, 6.45) is -1.84. The van der Waals surface area contributed by atoms with E-state index in [1.165, 1.54) is 4.90 Å². The SMILES string of the molecule is CC(C)(C)OC(=O)N1CC[C@H](CNC(=O)OCc2ccccc2)[C@H](F)C1. The predicted molar refractivity (Wildman–Crippen MR) is 95.4 cm³/mol. The Balaban J connectivity index is 1.71. The Morgan fingerprint density at radius 2 is 1.96 bits per heavy atom. The summed E-state index contributed by atoms with van der Waals surface area (Å²) in [6, 6.07) is 9.33. The van der Waals surface area contributed by atoms with Crippen LogP contribution in [0.15, 0.2) is 30.3 Å². The van der Waals surface area contributed by atoms with E-state index in [0.29, 0.717) is 13.0 Å². The number of piperidine rings is 1. The van der Waals surface area contributed by atoms with Crippen molar-refractivity contribution >= 4 is 12.2 Å². The van der Waals surface area contributed by atoms with Crippen molar-refractivity contribution in [2.24, 2.45) is 5.92 Å². The Morgan fingerprint density at radius 1 is 1.27 bits per heavy atom. The molecule has 26 heavy (non-hydrogen) atoms. The largest absolute Gasteiger partial charge is 0.445 e. The Kier molecular flexibility index (Phi) is 6.83. The third-order valence-corrected chi connectivity index (χ3v) is 4.05. The van der Waals surface area contributed by atoms with Crippen LogP contribution in [0, 0.1) is 5.92 Å². The van der Waals surface area contributed by atoms with Gasteiger partial charge in [-0.05, 0) is 32.8 Å². The van der Waals surface area contributed by atoms with Gasteiger partial charge in [-0.1, -0.05) is 30.3 Å².